The Morgan fingerprint density at radius 1 is 1.43 bits per heavy atom. The second kappa shape index (κ2) is 5.98. The van der Waals surface area contributed by atoms with Gasteiger partial charge in [-0.1, -0.05) is 0 Å². The van der Waals surface area contributed by atoms with Crippen LogP contribution in [-0.2, 0) is 14.6 Å². The predicted octanol–water partition coefficient (Wildman–Crippen LogP) is -0.901. The van der Waals surface area contributed by atoms with Gasteiger partial charge in [-0.05, 0) is 7.05 Å². The summed E-state index contributed by atoms with van der Waals surface area (Å²) in [7, 11) is 0.433. The van der Waals surface area contributed by atoms with Crippen LogP contribution in [-0.4, -0.2) is 58.4 Å². The van der Waals surface area contributed by atoms with Gasteiger partial charge in [0.25, 0.3) is 0 Å². The van der Waals surface area contributed by atoms with E-state index in [0.717, 1.165) is 6.26 Å². The lowest BCUT2D eigenvalue weighted by molar-refractivity contribution is -0.129. The third kappa shape index (κ3) is 6.85. The van der Waals surface area contributed by atoms with E-state index in [1.165, 1.54) is 4.90 Å². The van der Waals surface area contributed by atoms with E-state index in [2.05, 4.69) is 5.32 Å². The molecule has 14 heavy (non-hydrogen) atoms. The summed E-state index contributed by atoms with van der Waals surface area (Å²) in [6.07, 6.45) is 1.20. The minimum Gasteiger partial charge on any atom is -0.344 e. The zero-order valence-electron chi connectivity index (χ0n) is 8.91. The predicted molar refractivity (Wildman–Crippen MR) is 55.9 cm³/mol. The van der Waals surface area contributed by atoms with Crippen LogP contribution in [0.4, 0.5) is 0 Å². The van der Waals surface area contributed by atoms with Gasteiger partial charge in [0.2, 0.25) is 5.91 Å². The van der Waals surface area contributed by atoms with Crippen LogP contribution in [0.1, 0.15) is 6.42 Å². The molecule has 0 spiro atoms. The molecule has 0 aromatic rings. The summed E-state index contributed by atoms with van der Waals surface area (Å²) in [5.74, 6) is -0.207. The first-order chi connectivity index (χ1) is 6.37. The normalized spacial score (nSPS) is 11.4. The van der Waals surface area contributed by atoms with Gasteiger partial charge in [-0.15, -0.1) is 0 Å². The SMILES string of the molecule is CNCCN(C)C(=O)CCS(C)(=O)=O. The lowest BCUT2D eigenvalue weighted by Gasteiger charge is -2.16. The molecule has 0 aliphatic carbocycles. The average molecular weight is 222 g/mol. The molecule has 1 N–H and O–H groups in total. The maximum absolute atomic E-state index is 11.3. The number of nitrogens with one attached hydrogen (secondary N) is 1. The smallest absolute Gasteiger partial charge is 0.223 e. The number of hydrogen-bond donors (Lipinski definition) is 1. The fourth-order valence-electron chi connectivity index (χ4n) is 0.868. The van der Waals surface area contributed by atoms with Crippen molar-refractivity contribution in [1.82, 2.24) is 10.2 Å². The van der Waals surface area contributed by atoms with Crippen LogP contribution in [0.5, 0.6) is 0 Å². The van der Waals surface area contributed by atoms with E-state index in [9.17, 15) is 13.2 Å². The summed E-state index contributed by atoms with van der Waals surface area (Å²) in [5, 5.41) is 2.91. The van der Waals surface area contributed by atoms with Crippen LogP contribution in [0.2, 0.25) is 0 Å². The molecule has 0 fully saturated rings. The lowest BCUT2D eigenvalue weighted by atomic mass is 10.4. The second-order valence-corrected chi connectivity index (χ2v) is 5.56. The number of likely N-dealkylation sites (N-methyl/N-ethyl adjacent to an activating group) is 2. The van der Waals surface area contributed by atoms with E-state index < -0.39 is 9.84 Å². The van der Waals surface area contributed by atoms with Gasteiger partial charge in [-0.3, -0.25) is 4.79 Å². The number of nitrogens with zero attached hydrogens (tertiary/aromatic N) is 1. The molecule has 0 saturated heterocycles. The number of amides is 1. The van der Waals surface area contributed by atoms with Crippen LogP contribution in [0, 0.1) is 0 Å². The highest BCUT2D eigenvalue weighted by atomic mass is 32.2. The minimum atomic E-state index is -3.04. The first-order valence-corrected chi connectivity index (χ1v) is 6.49. The zero-order valence-corrected chi connectivity index (χ0v) is 9.73. The Hall–Kier alpha value is -0.620. The molecule has 0 saturated carbocycles. The van der Waals surface area contributed by atoms with Crippen molar-refractivity contribution in [1.29, 1.82) is 0 Å². The number of carbonyl (C=O) groups is 1. The first kappa shape index (κ1) is 13.4. The van der Waals surface area contributed by atoms with Gasteiger partial charge in [-0.2, -0.15) is 0 Å². The van der Waals surface area contributed by atoms with Gasteiger partial charge in [0.05, 0.1) is 5.75 Å². The Balaban J connectivity index is 3.84. The standard InChI is InChI=1S/C8H18N2O3S/c1-9-5-6-10(2)8(11)4-7-14(3,12)13/h9H,4-7H2,1-3H3. The number of rotatable bonds is 6. The molecular formula is C8H18N2O3S. The minimum absolute atomic E-state index is 0.0685. The van der Waals surface area contributed by atoms with Crippen molar-refractivity contribution in [2.45, 2.75) is 6.42 Å². The fourth-order valence-corrected chi connectivity index (χ4v) is 1.41. The number of hydrogen-bond acceptors (Lipinski definition) is 4. The summed E-state index contributed by atoms with van der Waals surface area (Å²) >= 11 is 0. The molecule has 0 heterocycles. The van der Waals surface area contributed by atoms with Gasteiger partial charge >= 0.3 is 0 Å². The maximum Gasteiger partial charge on any atom is 0.223 e. The van der Waals surface area contributed by atoms with Crippen LogP contribution < -0.4 is 5.32 Å². The van der Waals surface area contributed by atoms with Crippen molar-refractivity contribution >= 4 is 15.7 Å². The van der Waals surface area contributed by atoms with E-state index in [-0.39, 0.29) is 18.1 Å². The molecule has 0 radical (unpaired) electrons. The quantitative estimate of drug-likeness (QED) is 0.632. The van der Waals surface area contributed by atoms with Crippen molar-refractivity contribution in [2.75, 3.05) is 39.2 Å². The summed E-state index contributed by atoms with van der Waals surface area (Å²) in [6, 6.07) is 0. The van der Waals surface area contributed by atoms with E-state index in [0.29, 0.717) is 13.1 Å². The van der Waals surface area contributed by atoms with Crippen molar-refractivity contribution in [2.24, 2.45) is 0 Å². The monoisotopic (exact) mass is 222 g/mol. The molecule has 0 atom stereocenters. The van der Waals surface area contributed by atoms with Crippen molar-refractivity contribution in [3.8, 4) is 0 Å². The van der Waals surface area contributed by atoms with Crippen molar-refractivity contribution in [3.05, 3.63) is 0 Å². The average Bonchev–Trinajstić information content (AvgIpc) is 2.09. The highest BCUT2D eigenvalue weighted by molar-refractivity contribution is 7.90. The molecule has 0 rings (SSSR count). The molecule has 0 aromatic carbocycles. The second-order valence-electron chi connectivity index (χ2n) is 3.30. The van der Waals surface area contributed by atoms with Crippen molar-refractivity contribution < 1.29 is 13.2 Å². The third-order valence-electron chi connectivity index (χ3n) is 1.81. The van der Waals surface area contributed by atoms with Crippen LogP contribution in [0.25, 0.3) is 0 Å². The Labute approximate surface area is 85.4 Å². The lowest BCUT2D eigenvalue weighted by Crippen LogP contribution is -2.33. The molecule has 0 aromatic heterocycles. The van der Waals surface area contributed by atoms with Gasteiger partial charge in [0.1, 0.15) is 9.84 Å². The molecular weight excluding hydrogens is 204 g/mol. The zero-order chi connectivity index (χ0) is 11.2. The third-order valence-corrected chi connectivity index (χ3v) is 2.76. The van der Waals surface area contributed by atoms with Crippen LogP contribution >= 0.6 is 0 Å². The van der Waals surface area contributed by atoms with Gasteiger partial charge in [0, 0.05) is 32.8 Å². The molecule has 84 valence electrons. The van der Waals surface area contributed by atoms with E-state index >= 15 is 0 Å². The van der Waals surface area contributed by atoms with Crippen LogP contribution in [0.15, 0.2) is 0 Å². The molecule has 0 aliphatic rings. The number of carbonyl (C=O) groups excluding carboxylic acids is 1. The molecule has 5 nitrogen and oxygen atoms in total. The van der Waals surface area contributed by atoms with Crippen molar-refractivity contribution in [3.63, 3.8) is 0 Å². The van der Waals surface area contributed by atoms with Gasteiger partial charge in [0.15, 0.2) is 0 Å². The summed E-state index contributed by atoms with van der Waals surface area (Å²) < 4.78 is 21.6. The molecule has 6 heteroatoms. The Morgan fingerprint density at radius 3 is 2.43 bits per heavy atom. The molecule has 0 aliphatic heterocycles. The number of sulfone groups is 1. The van der Waals surface area contributed by atoms with E-state index in [1.54, 1.807) is 14.1 Å². The highest BCUT2D eigenvalue weighted by Gasteiger charge is 2.11. The Morgan fingerprint density at radius 2 is 2.00 bits per heavy atom. The Kier molecular flexibility index (Phi) is 5.71. The Bertz CT molecular complexity index is 274. The largest absolute Gasteiger partial charge is 0.344 e. The highest BCUT2D eigenvalue weighted by Crippen LogP contribution is 1.94. The molecule has 1 amide bonds. The van der Waals surface area contributed by atoms with Crippen LogP contribution in [0.3, 0.4) is 0 Å². The summed E-state index contributed by atoms with van der Waals surface area (Å²) in [5.41, 5.74) is 0. The van der Waals surface area contributed by atoms with E-state index in [1.807, 2.05) is 0 Å². The summed E-state index contributed by atoms with van der Waals surface area (Å²) in [6.45, 7) is 1.31. The summed E-state index contributed by atoms with van der Waals surface area (Å²) in [4.78, 5) is 12.9. The van der Waals surface area contributed by atoms with Gasteiger partial charge in [-0.25, -0.2) is 8.42 Å². The maximum atomic E-state index is 11.3. The van der Waals surface area contributed by atoms with Gasteiger partial charge < -0.3 is 10.2 Å². The molecule has 0 bridgehead atoms. The topological polar surface area (TPSA) is 66.5 Å². The molecule has 0 unspecified atom stereocenters. The first-order valence-electron chi connectivity index (χ1n) is 4.43. The fraction of sp³-hybridized carbons (Fsp3) is 0.875. The van der Waals surface area contributed by atoms with E-state index in [4.69, 9.17) is 0 Å².